The highest BCUT2D eigenvalue weighted by atomic mass is 35.5. The Morgan fingerprint density at radius 2 is 1.88 bits per heavy atom. The molecule has 1 aromatic carbocycles. The smallest absolute Gasteiger partial charge is 0.127 e. The van der Waals surface area contributed by atoms with Crippen LogP contribution in [0.2, 0.25) is 5.02 Å². The second-order valence-electron chi connectivity index (χ2n) is 3.92. The molecule has 0 amide bonds. The summed E-state index contributed by atoms with van der Waals surface area (Å²) >= 11 is 7.74. The molecule has 0 atom stereocenters. The highest BCUT2D eigenvalue weighted by molar-refractivity contribution is 7.16. The Hall–Kier alpha value is -1.19. The van der Waals surface area contributed by atoms with Crippen LogP contribution in [0.5, 0.6) is 5.75 Å². The molecule has 0 aliphatic heterocycles. The van der Waals surface area contributed by atoms with Gasteiger partial charge in [0.25, 0.3) is 0 Å². The molecule has 2 aromatic rings. The molecular formula is C13H14ClNOS. The number of ether oxygens (including phenoxy) is 1. The SMILES string of the molecule is COc1cc(C)c(Cl)cc1-c1cc(N)sc1C. The number of hydrogen-bond acceptors (Lipinski definition) is 3. The van der Waals surface area contributed by atoms with Gasteiger partial charge in [-0.1, -0.05) is 11.6 Å². The fourth-order valence-corrected chi connectivity index (χ4v) is 2.78. The van der Waals surface area contributed by atoms with Crippen LogP contribution < -0.4 is 10.5 Å². The van der Waals surface area contributed by atoms with Gasteiger partial charge in [0.15, 0.2) is 0 Å². The minimum absolute atomic E-state index is 0.741. The fraction of sp³-hybridized carbons (Fsp3) is 0.231. The average Bonchev–Trinajstić information content (AvgIpc) is 2.61. The molecule has 0 unspecified atom stereocenters. The first-order valence-corrected chi connectivity index (χ1v) is 6.42. The monoisotopic (exact) mass is 267 g/mol. The summed E-state index contributed by atoms with van der Waals surface area (Å²) in [7, 11) is 1.66. The Morgan fingerprint density at radius 1 is 1.18 bits per heavy atom. The molecule has 0 radical (unpaired) electrons. The zero-order valence-electron chi connectivity index (χ0n) is 10.0. The first kappa shape index (κ1) is 12.3. The van der Waals surface area contributed by atoms with Crippen molar-refractivity contribution in [3.05, 3.63) is 33.7 Å². The second kappa shape index (κ2) is 4.59. The van der Waals surface area contributed by atoms with Gasteiger partial charge in [-0.05, 0) is 37.6 Å². The highest BCUT2D eigenvalue weighted by Crippen LogP contribution is 2.40. The van der Waals surface area contributed by atoms with Gasteiger partial charge < -0.3 is 10.5 Å². The van der Waals surface area contributed by atoms with E-state index in [1.165, 1.54) is 4.88 Å². The lowest BCUT2D eigenvalue weighted by Gasteiger charge is -2.10. The van der Waals surface area contributed by atoms with Crippen LogP contribution in [-0.4, -0.2) is 7.11 Å². The number of nitrogens with two attached hydrogens (primary N) is 1. The summed E-state index contributed by atoms with van der Waals surface area (Å²) in [5.41, 5.74) is 8.91. The molecule has 2 N–H and O–H groups in total. The minimum Gasteiger partial charge on any atom is -0.496 e. The summed E-state index contributed by atoms with van der Waals surface area (Å²) in [6, 6.07) is 5.85. The van der Waals surface area contributed by atoms with Crippen LogP contribution in [-0.2, 0) is 0 Å². The van der Waals surface area contributed by atoms with Gasteiger partial charge in [0.2, 0.25) is 0 Å². The van der Waals surface area contributed by atoms with Crippen molar-refractivity contribution in [2.45, 2.75) is 13.8 Å². The maximum atomic E-state index is 6.17. The molecule has 1 heterocycles. The third kappa shape index (κ3) is 2.26. The van der Waals surface area contributed by atoms with E-state index in [-0.39, 0.29) is 0 Å². The number of aryl methyl sites for hydroxylation is 2. The Bertz CT molecular complexity index is 563. The predicted octanol–water partition coefficient (Wildman–Crippen LogP) is 4.28. The summed E-state index contributed by atoms with van der Waals surface area (Å²) in [6.45, 7) is 4.01. The van der Waals surface area contributed by atoms with Crippen molar-refractivity contribution in [2.75, 3.05) is 12.8 Å². The Labute approximate surface area is 110 Å². The van der Waals surface area contributed by atoms with Crippen LogP contribution in [0.15, 0.2) is 18.2 Å². The Balaban J connectivity index is 2.66. The summed E-state index contributed by atoms with van der Waals surface area (Å²) in [5, 5.41) is 1.54. The van der Waals surface area contributed by atoms with Crippen molar-refractivity contribution in [3.8, 4) is 16.9 Å². The molecule has 0 spiro atoms. The van der Waals surface area contributed by atoms with E-state index in [9.17, 15) is 0 Å². The van der Waals surface area contributed by atoms with Crippen molar-refractivity contribution >= 4 is 27.9 Å². The van der Waals surface area contributed by atoms with Crippen molar-refractivity contribution in [1.29, 1.82) is 0 Å². The lowest BCUT2D eigenvalue weighted by molar-refractivity contribution is 0.416. The van der Waals surface area contributed by atoms with E-state index in [2.05, 4.69) is 0 Å². The molecule has 1 aromatic heterocycles. The second-order valence-corrected chi connectivity index (χ2v) is 5.62. The summed E-state index contributed by atoms with van der Waals surface area (Å²) in [5.74, 6) is 0.827. The van der Waals surface area contributed by atoms with Crippen LogP contribution in [0.1, 0.15) is 10.4 Å². The van der Waals surface area contributed by atoms with Gasteiger partial charge in [-0.3, -0.25) is 0 Å². The van der Waals surface area contributed by atoms with Crippen molar-refractivity contribution in [2.24, 2.45) is 0 Å². The van der Waals surface area contributed by atoms with Gasteiger partial charge in [0, 0.05) is 21.0 Å². The first-order chi connectivity index (χ1) is 8.02. The number of benzene rings is 1. The maximum absolute atomic E-state index is 6.17. The quantitative estimate of drug-likeness (QED) is 0.882. The highest BCUT2D eigenvalue weighted by Gasteiger charge is 2.13. The van der Waals surface area contributed by atoms with Gasteiger partial charge in [0.05, 0.1) is 12.1 Å². The zero-order chi connectivity index (χ0) is 12.6. The third-order valence-electron chi connectivity index (χ3n) is 2.71. The molecule has 0 aliphatic carbocycles. The average molecular weight is 268 g/mol. The number of halogens is 1. The van der Waals surface area contributed by atoms with Crippen LogP contribution in [0.25, 0.3) is 11.1 Å². The van der Waals surface area contributed by atoms with Crippen molar-refractivity contribution < 1.29 is 4.74 Å². The summed E-state index contributed by atoms with van der Waals surface area (Å²) in [4.78, 5) is 1.17. The number of anilines is 1. The number of nitrogen functional groups attached to an aromatic ring is 1. The summed E-state index contributed by atoms with van der Waals surface area (Å²) < 4.78 is 5.40. The van der Waals surface area contributed by atoms with E-state index in [1.807, 2.05) is 32.0 Å². The standard InChI is InChI=1S/C13H14ClNOS/c1-7-4-12(16-3)10(5-11(7)14)9-6-13(15)17-8(9)2/h4-6H,15H2,1-3H3. The first-order valence-electron chi connectivity index (χ1n) is 5.23. The van der Waals surface area contributed by atoms with Crippen LogP contribution >= 0.6 is 22.9 Å². The molecule has 0 aliphatic rings. The molecule has 0 fully saturated rings. The van der Waals surface area contributed by atoms with E-state index >= 15 is 0 Å². The van der Waals surface area contributed by atoms with Crippen molar-refractivity contribution in [3.63, 3.8) is 0 Å². The van der Waals surface area contributed by atoms with Gasteiger partial charge in [-0.2, -0.15) is 0 Å². The lowest BCUT2D eigenvalue weighted by Crippen LogP contribution is -1.90. The Kier molecular flexibility index (Phi) is 3.31. The third-order valence-corrected chi connectivity index (χ3v) is 3.99. The fourth-order valence-electron chi connectivity index (χ4n) is 1.81. The Morgan fingerprint density at radius 3 is 2.41 bits per heavy atom. The molecular weight excluding hydrogens is 254 g/mol. The van der Waals surface area contributed by atoms with Gasteiger partial charge >= 0.3 is 0 Å². The molecule has 0 saturated heterocycles. The molecule has 2 nitrogen and oxygen atoms in total. The maximum Gasteiger partial charge on any atom is 0.127 e. The van der Waals surface area contributed by atoms with E-state index in [1.54, 1.807) is 18.4 Å². The number of hydrogen-bond donors (Lipinski definition) is 1. The molecule has 90 valence electrons. The molecule has 4 heteroatoms. The van der Waals surface area contributed by atoms with Crippen LogP contribution in [0.3, 0.4) is 0 Å². The lowest BCUT2D eigenvalue weighted by atomic mass is 10.0. The van der Waals surface area contributed by atoms with Gasteiger partial charge in [0.1, 0.15) is 5.75 Å². The van der Waals surface area contributed by atoms with Crippen LogP contribution in [0, 0.1) is 13.8 Å². The normalized spacial score (nSPS) is 10.6. The number of methoxy groups -OCH3 is 1. The molecule has 17 heavy (non-hydrogen) atoms. The number of thiophene rings is 1. The topological polar surface area (TPSA) is 35.2 Å². The summed E-state index contributed by atoms with van der Waals surface area (Å²) in [6.07, 6.45) is 0. The predicted molar refractivity (Wildman–Crippen MR) is 75.2 cm³/mol. The largest absolute Gasteiger partial charge is 0.496 e. The van der Waals surface area contributed by atoms with Crippen molar-refractivity contribution in [1.82, 2.24) is 0 Å². The van der Waals surface area contributed by atoms with E-state index in [0.29, 0.717) is 0 Å². The van der Waals surface area contributed by atoms with Crippen LogP contribution in [0.4, 0.5) is 5.00 Å². The number of rotatable bonds is 2. The molecule has 0 bridgehead atoms. The van der Waals surface area contributed by atoms with Gasteiger partial charge in [-0.25, -0.2) is 0 Å². The molecule has 0 saturated carbocycles. The molecule has 2 rings (SSSR count). The van der Waals surface area contributed by atoms with E-state index in [0.717, 1.165) is 32.5 Å². The zero-order valence-corrected chi connectivity index (χ0v) is 11.6. The van der Waals surface area contributed by atoms with Gasteiger partial charge in [-0.15, -0.1) is 11.3 Å². The van der Waals surface area contributed by atoms with E-state index in [4.69, 9.17) is 22.1 Å². The minimum atomic E-state index is 0.741. The van der Waals surface area contributed by atoms with E-state index < -0.39 is 0 Å².